The summed E-state index contributed by atoms with van der Waals surface area (Å²) in [4.78, 5) is 33.4. The van der Waals surface area contributed by atoms with Crippen LogP contribution < -0.4 is 16.2 Å². The molecule has 0 saturated heterocycles. The van der Waals surface area contributed by atoms with Crippen LogP contribution in [0.4, 0.5) is 11.5 Å². The molecule has 0 aliphatic rings. The lowest BCUT2D eigenvalue weighted by Crippen LogP contribution is -2.19. The highest BCUT2D eigenvalue weighted by molar-refractivity contribution is 6.00. The van der Waals surface area contributed by atoms with Crippen LogP contribution in [0.25, 0.3) is 16.7 Å². The van der Waals surface area contributed by atoms with E-state index in [4.69, 9.17) is 0 Å². The summed E-state index contributed by atoms with van der Waals surface area (Å²) in [6.07, 6.45) is 1.62. The van der Waals surface area contributed by atoms with Crippen molar-refractivity contribution in [2.45, 2.75) is 0 Å². The maximum Gasteiger partial charge on any atom is 0.266 e. The number of para-hydroxylation sites is 2. The van der Waals surface area contributed by atoms with E-state index in [9.17, 15) is 9.59 Å². The SMILES string of the molecule is CNC(=O)c1ccccc1Nc1ccn2c(=O)c3ccccc3nc2n1.Cl. The molecule has 0 radical (unpaired) electrons. The smallest absolute Gasteiger partial charge is 0.266 e. The minimum absolute atomic E-state index is 0. The maximum atomic E-state index is 12.5. The van der Waals surface area contributed by atoms with Crippen molar-refractivity contribution >= 4 is 46.5 Å². The summed E-state index contributed by atoms with van der Waals surface area (Å²) in [6, 6.07) is 15.9. The molecular formula is C19H16ClN5O2. The molecule has 4 aromatic rings. The van der Waals surface area contributed by atoms with Gasteiger partial charge in [0.15, 0.2) is 0 Å². The van der Waals surface area contributed by atoms with Crippen LogP contribution in [0.5, 0.6) is 0 Å². The van der Waals surface area contributed by atoms with E-state index in [2.05, 4.69) is 20.6 Å². The Morgan fingerprint density at radius 2 is 1.74 bits per heavy atom. The first-order chi connectivity index (χ1) is 12.7. The number of hydrogen-bond acceptors (Lipinski definition) is 5. The van der Waals surface area contributed by atoms with Crippen molar-refractivity contribution < 1.29 is 4.79 Å². The number of fused-ring (bicyclic) bond motifs is 2. The van der Waals surface area contributed by atoms with E-state index in [1.807, 2.05) is 12.1 Å². The Bertz CT molecular complexity index is 1210. The van der Waals surface area contributed by atoms with Crippen LogP contribution in [0.1, 0.15) is 10.4 Å². The number of carbonyl (C=O) groups excluding carboxylic acids is 1. The highest BCUT2D eigenvalue weighted by atomic mass is 35.5. The third kappa shape index (κ3) is 3.32. The molecule has 8 heteroatoms. The summed E-state index contributed by atoms with van der Waals surface area (Å²) in [6.45, 7) is 0. The van der Waals surface area contributed by atoms with E-state index >= 15 is 0 Å². The highest BCUT2D eigenvalue weighted by Crippen LogP contribution is 2.20. The molecule has 0 atom stereocenters. The standard InChI is InChI=1S/C19H15N5O2.ClH/c1-20-17(25)12-6-2-4-8-14(12)21-16-10-11-24-18(26)13-7-3-5-9-15(13)22-19(24)23-16;/h2-11H,1H3,(H,20,25)(H,21,22,23);1H. The molecule has 2 N–H and O–H groups in total. The lowest BCUT2D eigenvalue weighted by Gasteiger charge is -2.11. The first kappa shape index (κ1) is 18.3. The van der Waals surface area contributed by atoms with Crippen molar-refractivity contribution in [2.24, 2.45) is 0 Å². The van der Waals surface area contributed by atoms with E-state index in [-0.39, 0.29) is 29.7 Å². The number of rotatable bonds is 3. The Morgan fingerprint density at radius 1 is 1.00 bits per heavy atom. The Morgan fingerprint density at radius 3 is 2.56 bits per heavy atom. The number of nitrogens with one attached hydrogen (secondary N) is 2. The first-order valence-electron chi connectivity index (χ1n) is 8.03. The van der Waals surface area contributed by atoms with E-state index in [1.165, 1.54) is 4.40 Å². The van der Waals surface area contributed by atoms with Gasteiger partial charge in [-0.2, -0.15) is 4.98 Å². The first-order valence-corrected chi connectivity index (χ1v) is 8.03. The summed E-state index contributed by atoms with van der Waals surface area (Å²) >= 11 is 0. The predicted octanol–water partition coefficient (Wildman–Crippen LogP) is 2.77. The Balaban J connectivity index is 0.00000210. The molecule has 0 saturated carbocycles. The highest BCUT2D eigenvalue weighted by Gasteiger charge is 2.11. The molecule has 136 valence electrons. The van der Waals surface area contributed by atoms with Crippen LogP contribution in [-0.4, -0.2) is 27.3 Å². The van der Waals surface area contributed by atoms with Crippen LogP contribution in [0.3, 0.4) is 0 Å². The van der Waals surface area contributed by atoms with Crippen molar-refractivity contribution in [1.82, 2.24) is 19.7 Å². The van der Waals surface area contributed by atoms with E-state index in [1.54, 1.807) is 55.7 Å². The fraction of sp³-hybridized carbons (Fsp3) is 0.0526. The van der Waals surface area contributed by atoms with Crippen molar-refractivity contribution in [3.8, 4) is 0 Å². The molecule has 0 aliphatic carbocycles. The Kier molecular flexibility index (Phi) is 5.05. The van der Waals surface area contributed by atoms with Crippen LogP contribution >= 0.6 is 12.4 Å². The van der Waals surface area contributed by atoms with E-state index in [0.29, 0.717) is 28.0 Å². The quantitative estimate of drug-likeness (QED) is 0.533. The van der Waals surface area contributed by atoms with Gasteiger partial charge in [0, 0.05) is 13.2 Å². The van der Waals surface area contributed by atoms with Crippen LogP contribution in [-0.2, 0) is 0 Å². The predicted molar refractivity (Wildman–Crippen MR) is 107 cm³/mol. The molecular weight excluding hydrogens is 366 g/mol. The monoisotopic (exact) mass is 381 g/mol. The number of aromatic nitrogens is 3. The lowest BCUT2D eigenvalue weighted by atomic mass is 10.1. The average Bonchev–Trinajstić information content (AvgIpc) is 2.68. The zero-order valence-electron chi connectivity index (χ0n) is 14.3. The number of benzene rings is 2. The third-order valence-corrected chi connectivity index (χ3v) is 4.05. The zero-order valence-corrected chi connectivity index (χ0v) is 15.2. The molecule has 0 bridgehead atoms. The minimum atomic E-state index is -0.200. The van der Waals surface area contributed by atoms with Gasteiger partial charge in [-0.1, -0.05) is 24.3 Å². The van der Waals surface area contributed by atoms with Crippen LogP contribution in [0.15, 0.2) is 65.6 Å². The molecule has 2 heterocycles. The van der Waals surface area contributed by atoms with Crippen molar-refractivity contribution in [3.63, 3.8) is 0 Å². The number of anilines is 2. The number of carbonyl (C=O) groups is 1. The number of nitrogens with zero attached hydrogens (tertiary/aromatic N) is 3. The summed E-state index contributed by atoms with van der Waals surface area (Å²) < 4.78 is 1.40. The second-order valence-electron chi connectivity index (χ2n) is 5.67. The second kappa shape index (κ2) is 7.43. The van der Waals surface area contributed by atoms with Crippen molar-refractivity contribution in [3.05, 3.63) is 76.7 Å². The molecule has 27 heavy (non-hydrogen) atoms. The fourth-order valence-electron chi connectivity index (χ4n) is 2.77. The molecule has 0 aliphatic heterocycles. The second-order valence-corrected chi connectivity index (χ2v) is 5.67. The molecule has 2 aromatic carbocycles. The van der Waals surface area contributed by atoms with Gasteiger partial charge in [0.05, 0.1) is 22.2 Å². The molecule has 0 unspecified atom stereocenters. The van der Waals surface area contributed by atoms with Gasteiger partial charge in [0.1, 0.15) is 5.82 Å². The van der Waals surface area contributed by atoms with Gasteiger partial charge in [-0.05, 0) is 30.3 Å². The van der Waals surface area contributed by atoms with Gasteiger partial charge < -0.3 is 10.6 Å². The van der Waals surface area contributed by atoms with Gasteiger partial charge in [0.25, 0.3) is 11.5 Å². The van der Waals surface area contributed by atoms with E-state index < -0.39 is 0 Å². The van der Waals surface area contributed by atoms with Gasteiger partial charge in [0.2, 0.25) is 5.78 Å². The molecule has 4 rings (SSSR count). The van der Waals surface area contributed by atoms with Crippen molar-refractivity contribution in [1.29, 1.82) is 0 Å². The van der Waals surface area contributed by atoms with Crippen LogP contribution in [0.2, 0.25) is 0 Å². The minimum Gasteiger partial charge on any atom is -0.355 e. The van der Waals surface area contributed by atoms with Gasteiger partial charge in [-0.15, -0.1) is 12.4 Å². The normalized spacial score (nSPS) is 10.4. The maximum absolute atomic E-state index is 12.5. The molecule has 7 nitrogen and oxygen atoms in total. The molecule has 1 amide bonds. The van der Waals surface area contributed by atoms with Gasteiger partial charge >= 0.3 is 0 Å². The third-order valence-electron chi connectivity index (χ3n) is 4.05. The van der Waals surface area contributed by atoms with Crippen molar-refractivity contribution in [2.75, 3.05) is 12.4 Å². The van der Waals surface area contributed by atoms with Crippen LogP contribution in [0, 0.1) is 0 Å². The Labute approximate surface area is 160 Å². The van der Waals surface area contributed by atoms with Gasteiger partial charge in [-0.25, -0.2) is 4.98 Å². The largest absolute Gasteiger partial charge is 0.355 e. The van der Waals surface area contributed by atoms with E-state index in [0.717, 1.165) is 0 Å². The summed E-state index contributed by atoms with van der Waals surface area (Å²) in [5, 5.41) is 6.27. The summed E-state index contributed by atoms with van der Waals surface area (Å²) in [5.74, 6) is 0.578. The lowest BCUT2D eigenvalue weighted by molar-refractivity contribution is 0.0964. The summed E-state index contributed by atoms with van der Waals surface area (Å²) in [5.41, 5.74) is 1.54. The molecule has 0 spiro atoms. The average molecular weight is 382 g/mol. The summed E-state index contributed by atoms with van der Waals surface area (Å²) in [7, 11) is 1.58. The molecule has 0 fully saturated rings. The fourth-order valence-corrected chi connectivity index (χ4v) is 2.77. The Hall–Kier alpha value is -3.45. The molecule has 2 aromatic heterocycles. The number of amides is 1. The number of hydrogen-bond donors (Lipinski definition) is 2. The van der Waals surface area contributed by atoms with Gasteiger partial charge in [-0.3, -0.25) is 14.0 Å². The number of halogens is 1. The zero-order chi connectivity index (χ0) is 18.1. The topological polar surface area (TPSA) is 88.4 Å².